The van der Waals surface area contributed by atoms with Crippen molar-refractivity contribution in [2.75, 3.05) is 23.3 Å². The minimum atomic E-state index is -0.392. The minimum Gasteiger partial charge on any atom is -0.467 e. The van der Waals surface area contributed by atoms with Crippen LogP contribution in [0.4, 0.5) is 20.8 Å². The molecule has 31 heavy (non-hydrogen) atoms. The van der Waals surface area contributed by atoms with E-state index in [1.54, 1.807) is 29.4 Å². The van der Waals surface area contributed by atoms with Crippen molar-refractivity contribution in [1.29, 1.82) is 0 Å². The Kier molecular flexibility index (Phi) is 6.16. The maximum atomic E-state index is 13.5. The van der Waals surface area contributed by atoms with Gasteiger partial charge in [-0.25, -0.2) is 19.2 Å². The van der Waals surface area contributed by atoms with Gasteiger partial charge in [0.25, 0.3) is 0 Å². The van der Waals surface area contributed by atoms with Crippen LogP contribution in [0.25, 0.3) is 0 Å². The first-order valence-corrected chi connectivity index (χ1v) is 10.4. The second kappa shape index (κ2) is 9.16. The first-order chi connectivity index (χ1) is 15.0. The van der Waals surface area contributed by atoms with E-state index in [4.69, 9.17) is 4.42 Å². The molecule has 3 aromatic rings. The summed E-state index contributed by atoms with van der Waals surface area (Å²) in [6, 6.07) is 11.3. The largest absolute Gasteiger partial charge is 0.467 e. The van der Waals surface area contributed by atoms with E-state index in [2.05, 4.69) is 20.2 Å². The third-order valence-corrected chi connectivity index (χ3v) is 5.40. The highest BCUT2D eigenvalue weighted by molar-refractivity contribution is 5.89. The third kappa shape index (κ3) is 5.20. The van der Waals surface area contributed by atoms with Crippen molar-refractivity contribution < 1.29 is 13.6 Å². The number of carbonyl (C=O) groups is 1. The molecule has 162 valence electrons. The van der Waals surface area contributed by atoms with Crippen LogP contribution in [0.5, 0.6) is 0 Å². The van der Waals surface area contributed by atoms with Crippen LogP contribution in [0, 0.1) is 19.7 Å². The Labute approximate surface area is 180 Å². The van der Waals surface area contributed by atoms with Gasteiger partial charge in [0.15, 0.2) is 0 Å². The predicted molar refractivity (Wildman–Crippen MR) is 116 cm³/mol. The number of nitrogens with one attached hydrogen (secondary N) is 1. The van der Waals surface area contributed by atoms with Crippen molar-refractivity contribution in [3.05, 3.63) is 71.7 Å². The van der Waals surface area contributed by atoms with Gasteiger partial charge in [-0.2, -0.15) is 0 Å². The monoisotopic (exact) mass is 423 g/mol. The highest BCUT2D eigenvalue weighted by Gasteiger charge is 2.30. The maximum Gasteiger partial charge on any atom is 0.322 e. The van der Waals surface area contributed by atoms with Crippen LogP contribution < -0.4 is 10.2 Å². The summed E-state index contributed by atoms with van der Waals surface area (Å²) < 4.78 is 19.0. The number of furan rings is 1. The van der Waals surface area contributed by atoms with Crippen molar-refractivity contribution in [3.63, 3.8) is 0 Å². The van der Waals surface area contributed by atoms with Crippen molar-refractivity contribution in [2.45, 2.75) is 39.3 Å². The molecule has 1 aliphatic rings. The second-order valence-electron chi connectivity index (χ2n) is 7.82. The molecular weight excluding hydrogens is 397 g/mol. The van der Waals surface area contributed by atoms with Crippen LogP contribution in [0.2, 0.25) is 0 Å². The zero-order chi connectivity index (χ0) is 21.8. The van der Waals surface area contributed by atoms with Crippen LogP contribution in [-0.2, 0) is 6.54 Å². The number of nitrogens with zero attached hydrogens (tertiary/aromatic N) is 4. The molecule has 4 rings (SSSR count). The van der Waals surface area contributed by atoms with Gasteiger partial charge in [-0.3, -0.25) is 0 Å². The number of carbonyl (C=O) groups excluding carboxylic acids is 1. The second-order valence-corrected chi connectivity index (χ2v) is 7.82. The topological polar surface area (TPSA) is 74.5 Å². The minimum absolute atomic E-state index is 0.0146. The summed E-state index contributed by atoms with van der Waals surface area (Å²) in [6.07, 6.45) is 3.14. The fourth-order valence-corrected chi connectivity index (χ4v) is 3.92. The molecule has 1 N–H and O–H groups in total. The van der Waals surface area contributed by atoms with Crippen LogP contribution in [-0.4, -0.2) is 40.0 Å². The number of hydrogen-bond donors (Lipinski definition) is 1. The van der Waals surface area contributed by atoms with E-state index in [0.29, 0.717) is 18.0 Å². The molecule has 0 radical (unpaired) electrons. The van der Waals surface area contributed by atoms with E-state index in [-0.39, 0.29) is 12.1 Å². The standard InChI is InChI=1S/C23H26FN5O2/c1-16-13-17(2)26-22(25-16)28-10-8-20(9-11-28)29(15-21-7-4-12-31-21)23(30)27-19-6-3-5-18(24)14-19/h3-7,12-14,20H,8-11,15H2,1-2H3,(H,27,30). The number of aryl methyl sites for hydroxylation is 2. The van der Waals surface area contributed by atoms with Gasteiger partial charge in [-0.05, 0) is 63.1 Å². The normalized spacial score (nSPS) is 14.5. The Morgan fingerprint density at radius 1 is 1.16 bits per heavy atom. The number of hydrogen-bond acceptors (Lipinski definition) is 5. The third-order valence-electron chi connectivity index (χ3n) is 5.40. The van der Waals surface area contributed by atoms with E-state index in [0.717, 1.165) is 43.3 Å². The Morgan fingerprint density at radius 3 is 2.55 bits per heavy atom. The highest BCUT2D eigenvalue weighted by atomic mass is 19.1. The molecule has 8 heteroatoms. The van der Waals surface area contributed by atoms with Crippen LogP contribution in [0.3, 0.4) is 0 Å². The van der Waals surface area contributed by atoms with Gasteiger partial charge in [-0.1, -0.05) is 6.07 Å². The number of benzene rings is 1. The summed E-state index contributed by atoms with van der Waals surface area (Å²) in [5.74, 6) is 1.05. The summed E-state index contributed by atoms with van der Waals surface area (Å²) >= 11 is 0. The molecule has 7 nitrogen and oxygen atoms in total. The summed E-state index contributed by atoms with van der Waals surface area (Å²) in [5.41, 5.74) is 2.31. The van der Waals surface area contributed by atoms with Gasteiger partial charge < -0.3 is 19.5 Å². The molecule has 0 atom stereocenters. The first kappa shape index (κ1) is 20.8. The lowest BCUT2D eigenvalue weighted by Gasteiger charge is -2.38. The smallest absolute Gasteiger partial charge is 0.322 e. The molecule has 1 saturated heterocycles. The number of piperidine rings is 1. The molecule has 1 fully saturated rings. The molecule has 0 bridgehead atoms. The highest BCUT2D eigenvalue weighted by Crippen LogP contribution is 2.23. The van der Waals surface area contributed by atoms with Gasteiger partial charge in [0.2, 0.25) is 5.95 Å². The van der Waals surface area contributed by atoms with E-state index in [1.165, 1.54) is 12.1 Å². The zero-order valence-electron chi connectivity index (χ0n) is 17.7. The lowest BCUT2D eigenvalue weighted by atomic mass is 10.0. The number of amides is 2. The van der Waals surface area contributed by atoms with Crippen molar-refractivity contribution in [3.8, 4) is 0 Å². The Morgan fingerprint density at radius 2 is 1.90 bits per heavy atom. The van der Waals surface area contributed by atoms with Crippen LogP contribution in [0.1, 0.15) is 30.0 Å². The maximum absolute atomic E-state index is 13.5. The fraction of sp³-hybridized carbons (Fsp3) is 0.348. The molecule has 3 heterocycles. The van der Waals surface area contributed by atoms with E-state index in [9.17, 15) is 9.18 Å². The lowest BCUT2D eigenvalue weighted by Crippen LogP contribution is -2.48. The molecular formula is C23H26FN5O2. The van der Waals surface area contributed by atoms with Crippen LogP contribution in [0.15, 0.2) is 53.1 Å². The Bertz CT molecular complexity index is 1010. The van der Waals surface area contributed by atoms with Crippen molar-refractivity contribution in [2.24, 2.45) is 0 Å². The van der Waals surface area contributed by atoms with E-state index < -0.39 is 5.82 Å². The average Bonchev–Trinajstić information content (AvgIpc) is 3.25. The Hall–Kier alpha value is -3.42. The molecule has 2 aromatic heterocycles. The number of rotatable bonds is 5. The molecule has 0 unspecified atom stereocenters. The molecule has 0 saturated carbocycles. The van der Waals surface area contributed by atoms with Crippen molar-refractivity contribution >= 4 is 17.7 Å². The predicted octanol–water partition coefficient (Wildman–Crippen LogP) is 4.53. The quantitative estimate of drug-likeness (QED) is 0.653. The number of urea groups is 1. The van der Waals surface area contributed by atoms with Gasteiger partial charge in [0.05, 0.1) is 12.8 Å². The summed E-state index contributed by atoms with van der Waals surface area (Å²) in [5, 5.41) is 2.82. The molecule has 2 amide bonds. The molecule has 1 aliphatic heterocycles. The lowest BCUT2D eigenvalue weighted by molar-refractivity contribution is 0.163. The Balaban J connectivity index is 1.47. The van der Waals surface area contributed by atoms with Gasteiger partial charge in [0.1, 0.15) is 11.6 Å². The van der Waals surface area contributed by atoms with Crippen LogP contribution >= 0.6 is 0 Å². The first-order valence-electron chi connectivity index (χ1n) is 10.4. The SMILES string of the molecule is Cc1cc(C)nc(N2CCC(N(Cc3ccco3)C(=O)Nc3cccc(F)c3)CC2)n1. The molecule has 0 spiro atoms. The fourth-order valence-electron chi connectivity index (χ4n) is 3.92. The van der Waals surface area contributed by atoms with Gasteiger partial charge >= 0.3 is 6.03 Å². The summed E-state index contributed by atoms with van der Waals surface area (Å²) in [7, 11) is 0. The number of anilines is 2. The zero-order valence-corrected chi connectivity index (χ0v) is 17.7. The average molecular weight is 423 g/mol. The molecule has 1 aromatic carbocycles. The van der Waals surface area contributed by atoms with Crippen molar-refractivity contribution in [1.82, 2.24) is 14.9 Å². The summed E-state index contributed by atoms with van der Waals surface area (Å²) in [6.45, 7) is 5.77. The molecule has 0 aliphatic carbocycles. The summed E-state index contributed by atoms with van der Waals surface area (Å²) in [4.78, 5) is 26.1. The number of halogens is 1. The van der Waals surface area contributed by atoms with E-state index in [1.807, 2.05) is 26.0 Å². The number of aromatic nitrogens is 2. The van der Waals surface area contributed by atoms with E-state index >= 15 is 0 Å². The van der Waals surface area contributed by atoms with Gasteiger partial charge in [-0.15, -0.1) is 0 Å². The van der Waals surface area contributed by atoms with Gasteiger partial charge in [0, 0.05) is 36.2 Å².